The minimum Gasteiger partial charge on any atom is -0.271 e. The maximum atomic E-state index is 5.79. The molecule has 1 aliphatic carbocycles. The van der Waals surface area contributed by atoms with Crippen molar-refractivity contribution in [1.82, 2.24) is 5.43 Å². The quantitative estimate of drug-likeness (QED) is 0.628. The van der Waals surface area contributed by atoms with Crippen LogP contribution < -0.4 is 11.3 Å². The van der Waals surface area contributed by atoms with Gasteiger partial charge in [-0.15, -0.1) is 0 Å². The first-order chi connectivity index (χ1) is 8.61. The lowest BCUT2D eigenvalue weighted by atomic mass is 9.89. The fourth-order valence-electron chi connectivity index (χ4n) is 3.22. The van der Waals surface area contributed by atoms with Crippen LogP contribution in [0.4, 0.5) is 0 Å². The van der Waals surface area contributed by atoms with Gasteiger partial charge in [0.05, 0.1) is 0 Å². The Labute approximate surface area is 111 Å². The topological polar surface area (TPSA) is 38.0 Å². The summed E-state index contributed by atoms with van der Waals surface area (Å²) in [6, 6.07) is 4.90. The summed E-state index contributed by atoms with van der Waals surface area (Å²) in [5, 5.41) is 0. The molecule has 1 aromatic carbocycles. The molecule has 1 aromatic rings. The van der Waals surface area contributed by atoms with Gasteiger partial charge in [-0.3, -0.25) is 11.3 Å². The van der Waals surface area contributed by atoms with E-state index in [-0.39, 0.29) is 0 Å². The summed E-state index contributed by atoms with van der Waals surface area (Å²) in [4.78, 5) is 0. The lowest BCUT2D eigenvalue weighted by Gasteiger charge is -2.23. The van der Waals surface area contributed by atoms with E-state index in [4.69, 9.17) is 5.84 Å². The molecule has 2 nitrogen and oxygen atoms in total. The van der Waals surface area contributed by atoms with Crippen molar-refractivity contribution in [2.45, 2.75) is 58.9 Å². The molecular formula is C16H26N2. The Hall–Kier alpha value is -0.860. The smallest absolute Gasteiger partial charge is 0.0465 e. The normalized spacial score (nSPS) is 18.2. The molecule has 0 radical (unpaired) electrons. The molecule has 1 unspecified atom stereocenters. The van der Waals surface area contributed by atoms with Crippen molar-refractivity contribution in [2.75, 3.05) is 0 Å². The van der Waals surface area contributed by atoms with Crippen LogP contribution in [0, 0.1) is 26.7 Å². The summed E-state index contributed by atoms with van der Waals surface area (Å²) < 4.78 is 0. The second-order valence-corrected chi connectivity index (χ2v) is 5.90. The highest BCUT2D eigenvalue weighted by Crippen LogP contribution is 2.34. The summed E-state index contributed by atoms with van der Waals surface area (Å²) >= 11 is 0. The fourth-order valence-corrected chi connectivity index (χ4v) is 3.22. The summed E-state index contributed by atoms with van der Waals surface area (Å²) in [7, 11) is 0. The van der Waals surface area contributed by atoms with E-state index in [0.29, 0.717) is 6.04 Å². The van der Waals surface area contributed by atoms with Gasteiger partial charge in [0.25, 0.3) is 0 Å². The van der Waals surface area contributed by atoms with Gasteiger partial charge in [-0.25, -0.2) is 0 Å². The van der Waals surface area contributed by atoms with Crippen LogP contribution in [0.3, 0.4) is 0 Å². The second kappa shape index (κ2) is 5.85. The minimum absolute atomic E-state index is 0.312. The van der Waals surface area contributed by atoms with Gasteiger partial charge in [0.2, 0.25) is 0 Å². The van der Waals surface area contributed by atoms with Crippen LogP contribution in [0.1, 0.15) is 60.4 Å². The Kier molecular flexibility index (Phi) is 4.41. The highest BCUT2D eigenvalue weighted by atomic mass is 15.2. The SMILES string of the molecule is Cc1cc(C)c(C(CC2CCCC2)NN)cc1C. The zero-order chi connectivity index (χ0) is 13.1. The van der Waals surface area contributed by atoms with Crippen LogP contribution in [0.15, 0.2) is 12.1 Å². The molecular weight excluding hydrogens is 220 g/mol. The molecule has 18 heavy (non-hydrogen) atoms. The monoisotopic (exact) mass is 246 g/mol. The van der Waals surface area contributed by atoms with E-state index in [1.54, 1.807) is 0 Å². The van der Waals surface area contributed by atoms with Crippen LogP contribution in [-0.2, 0) is 0 Å². The molecule has 1 aliphatic rings. The Balaban J connectivity index is 2.18. The third-order valence-electron chi connectivity index (χ3n) is 4.50. The van der Waals surface area contributed by atoms with Gasteiger partial charge in [0.15, 0.2) is 0 Å². The number of hydrogen-bond acceptors (Lipinski definition) is 2. The Bertz CT molecular complexity index is 406. The standard InChI is InChI=1S/C16H26N2/c1-11-8-13(3)15(9-12(11)2)16(18-17)10-14-6-4-5-7-14/h8-9,14,16,18H,4-7,10,17H2,1-3H3. The van der Waals surface area contributed by atoms with E-state index in [2.05, 4.69) is 38.3 Å². The molecule has 0 bridgehead atoms. The molecule has 1 atom stereocenters. The van der Waals surface area contributed by atoms with Gasteiger partial charge in [0.1, 0.15) is 0 Å². The van der Waals surface area contributed by atoms with Gasteiger partial charge in [-0.1, -0.05) is 37.8 Å². The van der Waals surface area contributed by atoms with Crippen LogP contribution >= 0.6 is 0 Å². The van der Waals surface area contributed by atoms with Crippen molar-refractivity contribution in [3.8, 4) is 0 Å². The highest BCUT2D eigenvalue weighted by molar-refractivity contribution is 5.38. The number of benzene rings is 1. The maximum Gasteiger partial charge on any atom is 0.0465 e. The molecule has 0 aliphatic heterocycles. The first-order valence-electron chi connectivity index (χ1n) is 7.15. The first kappa shape index (κ1) is 13.6. The average Bonchev–Trinajstić information content (AvgIpc) is 2.84. The summed E-state index contributed by atoms with van der Waals surface area (Å²) in [5.74, 6) is 6.64. The minimum atomic E-state index is 0.312. The number of aryl methyl sites for hydroxylation is 3. The molecule has 100 valence electrons. The maximum absolute atomic E-state index is 5.79. The molecule has 1 fully saturated rings. The largest absolute Gasteiger partial charge is 0.271 e. The van der Waals surface area contributed by atoms with Gasteiger partial charge in [-0.05, 0) is 55.4 Å². The molecule has 0 heterocycles. The lowest BCUT2D eigenvalue weighted by Crippen LogP contribution is -2.30. The second-order valence-electron chi connectivity index (χ2n) is 5.90. The Morgan fingerprint density at radius 2 is 1.72 bits per heavy atom. The molecule has 0 spiro atoms. The number of nitrogens with one attached hydrogen (secondary N) is 1. The molecule has 2 heteroatoms. The van der Waals surface area contributed by atoms with Crippen LogP contribution in [0.5, 0.6) is 0 Å². The first-order valence-corrected chi connectivity index (χ1v) is 7.15. The molecule has 2 rings (SSSR count). The predicted octanol–water partition coefficient (Wildman–Crippen LogP) is 3.70. The predicted molar refractivity (Wildman–Crippen MR) is 77.3 cm³/mol. The van der Waals surface area contributed by atoms with E-state index >= 15 is 0 Å². The van der Waals surface area contributed by atoms with Crippen molar-refractivity contribution in [3.63, 3.8) is 0 Å². The zero-order valence-electron chi connectivity index (χ0n) is 11.9. The van der Waals surface area contributed by atoms with Crippen molar-refractivity contribution in [1.29, 1.82) is 0 Å². The average molecular weight is 246 g/mol. The number of hydrogen-bond donors (Lipinski definition) is 2. The number of nitrogens with two attached hydrogens (primary N) is 1. The van der Waals surface area contributed by atoms with Gasteiger partial charge >= 0.3 is 0 Å². The Morgan fingerprint density at radius 1 is 1.11 bits per heavy atom. The van der Waals surface area contributed by atoms with Crippen LogP contribution in [0.2, 0.25) is 0 Å². The summed E-state index contributed by atoms with van der Waals surface area (Å²) in [6.45, 7) is 6.55. The summed E-state index contributed by atoms with van der Waals surface area (Å²) in [6.07, 6.45) is 6.73. The van der Waals surface area contributed by atoms with E-state index in [9.17, 15) is 0 Å². The van der Waals surface area contributed by atoms with Crippen molar-refractivity contribution in [2.24, 2.45) is 11.8 Å². The zero-order valence-corrected chi connectivity index (χ0v) is 11.9. The van der Waals surface area contributed by atoms with Crippen molar-refractivity contribution in [3.05, 3.63) is 34.4 Å². The fraction of sp³-hybridized carbons (Fsp3) is 0.625. The van der Waals surface area contributed by atoms with Crippen molar-refractivity contribution >= 4 is 0 Å². The summed E-state index contributed by atoms with van der Waals surface area (Å²) in [5.41, 5.74) is 8.51. The van der Waals surface area contributed by atoms with Gasteiger partial charge in [0, 0.05) is 6.04 Å². The van der Waals surface area contributed by atoms with E-state index in [1.807, 2.05) is 0 Å². The molecule has 0 amide bonds. The molecule has 3 N–H and O–H groups in total. The van der Waals surface area contributed by atoms with Crippen molar-refractivity contribution < 1.29 is 0 Å². The molecule has 1 saturated carbocycles. The lowest BCUT2D eigenvalue weighted by molar-refractivity contribution is 0.399. The van der Waals surface area contributed by atoms with Gasteiger partial charge < -0.3 is 0 Å². The third kappa shape index (κ3) is 2.93. The number of rotatable bonds is 4. The Morgan fingerprint density at radius 3 is 2.33 bits per heavy atom. The van der Waals surface area contributed by atoms with Crippen LogP contribution in [0.25, 0.3) is 0 Å². The molecule has 0 aromatic heterocycles. The van der Waals surface area contributed by atoms with E-state index in [0.717, 1.165) is 5.92 Å². The van der Waals surface area contributed by atoms with Crippen LogP contribution in [-0.4, -0.2) is 0 Å². The molecule has 0 saturated heterocycles. The third-order valence-corrected chi connectivity index (χ3v) is 4.50. The van der Waals surface area contributed by atoms with E-state index in [1.165, 1.54) is 54.4 Å². The van der Waals surface area contributed by atoms with E-state index < -0.39 is 0 Å². The van der Waals surface area contributed by atoms with Gasteiger partial charge in [-0.2, -0.15) is 0 Å². The highest BCUT2D eigenvalue weighted by Gasteiger charge is 2.21. The number of hydrazine groups is 1.